The Labute approximate surface area is 120 Å². The van der Waals surface area contributed by atoms with Gasteiger partial charge >= 0.3 is 0 Å². The molecule has 5 N–H and O–H groups in total. The molecule has 0 aliphatic rings. The van der Waals surface area contributed by atoms with Crippen molar-refractivity contribution in [2.75, 3.05) is 0 Å². The minimum atomic E-state index is -0.833. The number of carbonyl (C=O) groups is 1. The molecule has 1 rings (SSSR count). The number of rotatable bonds is 2. The standard InChI is InChI=1S/C9H10Cl2N4.C2H4O2/c1-5(14-15-9(12)13)6-2-3-7(10)8(11)4-6;1-2(3)4/h2-4H,1H3,(H4,12,13,15);1H3,(H,3,4). The number of nitrogens with zero attached hydrogens (tertiary/aromatic N) is 2. The summed E-state index contributed by atoms with van der Waals surface area (Å²) in [7, 11) is 0. The van der Waals surface area contributed by atoms with Gasteiger partial charge in [-0.15, -0.1) is 5.10 Å². The molecule has 0 spiro atoms. The van der Waals surface area contributed by atoms with Gasteiger partial charge in [0.1, 0.15) is 0 Å². The molecule has 0 saturated heterocycles. The van der Waals surface area contributed by atoms with Gasteiger partial charge in [0.2, 0.25) is 5.96 Å². The van der Waals surface area contributed by atoms with Gasteiger partial charge in [0.05, 0.1) is 15.8 Å². The molecule has 0 heterocycles. The van der Waals surface area contributed by atoms with Gasteiger partial charge in [-0.25, -0.2) is 0 Å². The van der Waals surface area contributed by atoms with Crippen LogP contribution in [0.15, 0.2) is 28.4 Å². The molecule has 0 atom stereocenters. The zero-order valence-corrected chi connectivity index (χ0v) is 11.9. The van der Waals surface area contributed by atoms with E-state index in [0.29, 0.717) is 15.8 Å². The lowest BCUT2D eigenvalue weighted by molar-refractivity contribution is -0.134. The highest BCUT2D eigenvalue weighted by Gasteiger charge is 2.01. The highest BCUT2D eigenvalue weighted by atomic mass is 35.5. The van der Waals surface area contributed by atoms with Crippen molar-refractivity contribution in [1.29, 1.82) is 0 Å². The average molecular weight is 305 g/mol. The van der Waals surface area contributed by atoms with Gasteiger partial charge in [0.15, 0.2) is 0 Å². The summed E-state index contributed by atoms with van der Waals surface area (Å²) in [6.07, 6.45) is 0. The summed E-state index contributed by atoms with van der Waals surface area (Å²) in [5, 5.41) is 15.7. The van der Waals surface area contributed by atoms with Crippen molar-refractivity contribution in [1.82, 2.24) is 0 Å². The van der Waals surface area contributed by atoms with Gasteiger partial charge in [-0.3, -0.25) is 4.79 Å². The van der Waals surface area contributed by atoms with Crippen LogP contribution in [0.1, 0.15) is 19.4 Å². The first-order valence-electron chi connectivity index (χ1n) is 5.02. The third-order valence-corrected chi connectivity index (χ3v) is 2.39. The number of carboxylic acid groups (broad SMARTS) is 1. The van der Waals surface area contributed by atoms with Gasteiger partial charge in [0.25, 0.3) is 5.97 Å². The highest BCUT2D eigenvalue weighted by Crippen LogP contribution is 2.22. The molecule has 0 aliphatic carbocycles. The number of benzene rings is 1. The molecule has 0 aliphatic heterocycles. The van der Waals surface area contributed by atoms with Crippen molar-refractivity contribution in [3.63, 3.8) is 0 Å². The molecular formula is C11H14Cl2N4O2. The molecule has 104 valence electrons. The smallest absolute Gasteiger partial charge is 0.300 e. The first-order valence-corrected chi connectivity index (χ1v) is 5.77. The predicted octanol–water partition coefficient (Wildman–Crippen LogP) is 2.08. The molecule has 0 bridgehead atoms. The van der Waals surface area contributed by atoms with Crippen LogP contribution in [0, 0.1) is 0 Å². The van der Waals surface area contributed by atoms with E-state index in [4.69, 9.17) is 44.6 Å². The number of hydrogen-bond donors (Lipinski definition) is 3. The minimum absolute atomic E-state index is 0.0885. The molecule has 0 unspecified atom stereocenters. The summed E-state index contributed by atoms with van der Waals surface area (Å²) in [4.78, 5) is 9.00. The molecule has 8 heteroatoms. The molecule has 6 nitrogen and oxygen atoms in total. The Kier molecular flexibility index (Phi) is 7.55. The first kappa shape index (κ1) is 17.2. The number of nitrogens with two attached hydrogens (primary N) is 2. The molecule has 0 fully saturated rings. The van der Waals surface area contributed by atoms with Crippen molar-refractivity contribution in [3.05, 3.63) is 33.8 Å². The van der Waals surface area contributed by atoms with E-state index in [1.807, 2.05) is 0 Å². The van der Waals surface area contributed by atoms with Crippen LogP contribution in [0.3, 0.4) is 0 Å². The van der Waals surface area contributed by atoms with E-state index in [0.717, 1.165) is 12.5 Å². The summed E-state index contributed by atoms with van der Waals surface area (Å²) in [6.45, 7) is 2.85. The van der Waals surface area contributed by atoms with E-state index in [1.165, 1.54) is 0 Å². The maximum atomic E-state index is 9.00. The van der Waals surface area contributed by atoms with Crippen molar-refractivity contribution in [3.8, 4) is 0 Å². The maximum Gasteiger partial charge on any atom is 0.300 e. The molecule has 1 aromatic rings. The van der Waals surface area contributed by atoms with Crippen molar-refractivity contribution < 1.29 is 9.90 Å². The summed E-state index contributed by atoms with van der Waals surface area (Å²) in [6, 6.07) is 5.17. The first-order chi connectivity index (χ1) is 8.73. The SMILES string of the molecule is CC(=NN=C(N)N)c1ccc(Cl)c(Cl)c1.CC(=O)O. The van der Waals surface area contributed by atoms with Gasteiger partial charge < -0.3 is 16.6 Å². The molecule has 19 heavy (non-hydrogen) atoms. The fraction of sp³-hybridized carbons (Fsp3) is 0.182. The van der Waals surface area contributed by atoms with E-state index in [9.17, 15) is 0 Å². The Bertz CT molecular complexity index is 507. The molecule has 1 aromatic carbocycles. The lowest BCUT2D eigenvalue weighted by atomic mass is 10.1. The predicted molar refractivity (Wildman–Crippen MR) is 77.8 cm³/mol. The second-order valence-corrected chi connectivity index (χ2v) is 4.17. The Morgan fingerprint density at radius 1 is 1.16 bits per heavy atom. The summed E-state index contributed by atoms with van der Waals surface area (Å²) in [5.74, 6) is -0.922. The van der Waals surface area contributed by atoms with Crippen LogP contribution in [0.25, 0.3) is 0 Å². The molecule has 0 saturated carbocycles. The Morgan fingerprint density at radius 3 is 2.11 bits per heavy atom. The van der Waals surface area contributed by atoms with Gasteiger partial charge in [-0.1, -0.05) is 29.3 Å². The molecule has 0 amide bonds. The van der Waals surface area contributed by atoms with Crippen LogP contribution >= 0.6 is 23.2 Å². The highest BCUT2D eigenvalue weighted by molar-refractivity contribution is 6.42. The second kappa shape index (κ2) is 8.34. The largest absolute Gasteiger partial charge is 0.481 e. The zero-order chi connectivity index (χ0) is 15.0. The van der Waals surface area contributed by atoms with Gasteiger partial charge in [0, 0.05) is 6.92 Å². The number of aliphatic carboxylic acids is 1. The third-order valence-electron chi connectivity index (χ3n) is 1.65. The summed E-state index contributed by atoms with van der Waals surface area (Å²) < 4.78 is 0. The van der Waals surface area contributed by atoms with Gasteiger partial charge in [-0.2, -0.15) is 5.10 Å². The molecular weight excluding hydrogens is 291 g/mol. The summed E-state index contributed by atoms with van der Waals surface area (Å²) in [5.41, 5.74) is 11.8. The van der Waals surface area contributed by atoms with E-state index < -0.39 is 5.97 Å². The fourth-order valence-electron chi connectivity index (χ4n) is 0.912. The lowest BCUT2D eigenvalue weighted by Crippen LogP contribution is -2.22. The van der Waals surface area contributed by atoms with Crippen LogP contribution < -0.4 is 11.5 Å². The van der Waals surface area contributed by atoms with Crippen LogP contribution in [0.5, 0.6) is 0 Å². The number of halogens is 2. The number of hydrogen-bond acceptors (Lipinski definition) is 3. The molecule has 0 radical (unpaired) electrons. The minimum Gasteiger partial charge on any atom is -0.481 e. The third kappa shape index (κ3) is 8.01. The van der Waals surface area contributed by atoms with Crippen LogP contribution in [-0.2, 0) is 4.79 Å². The Morgan fingerprint density at radius 2 is 1.68 bits per heavy atom. The van der Waals surface area contributed by atoms with Crippen molar-refractivity contribution in [2.45, 2.75) is 13.8 Å². The van der Waals surface area contributed by atoms with E-state index in [2.05, 4.69) is 10.2 Å². The van der Waals surface area contributed by atoms with Crippen LogP contribution in [0.2, 0.25) is 10.0 Å². The second-order valence-electron chi connectivity index (χ2n) is 3.36. The van der Waals surface area contributed by atoms with Gasteiger partial charge in [-0.05, 0) is 24.6 Å². The number of guanidine groups is 1. The quantitative estimate of drug-likeness (QED) is 0.441. The Balaban J connectivity index is 0.000000711. The van der Waals surface area contributed by atoms with Crippen molar-refractivity contribution in [2.24, 2.45) is 21.7 Å². The topological polar surface area (TPSA) is 114 Å². The average Bonchev–Trinajstić information content (AvgIpc) is 2.28. The number of carboxylic acids is 1. The maximum absolute atomic E-state index is 9.00. The monoisotopic (exact) mass is 304 g/mol. The fourth-order valence-corrected chi connectivity index (χ4v) is 1.21. The van der Waals surface area contributed by atoms with Crippen LogP contribution in [0.4, 0.5) is 0 Å². The van der Waals surface area contributed by atoms with E-state index in [-0.39, 0.29) is 5.96 Å². The van der Waals surface area contributed by atoms with E-state index in [1.54, 1.807) is 25.1 Å². The normalized spacial score (nSPS) is 10.2. The Hall–Kier alpha value is -1.79. The van der Waals surface area contributed by atoms with Crippen LogP contribution in [-0.4, -0.2) is 22.7 Å². The zero-order valence-electron chi connectivity index (χ0n) is 10.4. The van der Waals surface area contributed by atoms with Crippen molar-refractivity contribution >= 4 is 40.8 Å². The summed E-state index contributed by atoms with van der Waals surface area (Å²) >= 11 is 11.6. The van der Waals surface area contributed by atoms with E-state index >= 15 is 0 Å². The lowest BCUT2D eigenvalue weighted by Gasteiger charge is -2.00. The molecule has 0 aromatic heterocycles.